The van der Waals surface area contributed by atoms with Crippen molar-refractivity contribution in [3.63, 3.8) is 0 Å². The molecule has 0 spiro atoms. The van der Waals surface area contributed by atoms with E-state index >= 15 is 0 Å². The molecule has 0 amide bonds. The zero-order valence-corrected chi connectivity index (χ0v) is 11.3. The number of nitrogens with two attached hydrogens (primary N) is 1. The molecule has 0 bridgehead atoms. The minimum Gasteiger partial charge on any atom is -0.399 e. The van der Waals surface area contributed by atoms with E-state index in [9.17, 15) is 0 Å². The standard InChI is InChI=1S/C12H17IN2/c1-12(2,8-3-4-8)15-11-6-5-9(14)7-10(11)13/h5-8,15H,3-4,14H2,1-2H3. The zero-order chi connectivity index (χ0) is 11.1. The van der Waals surface area contributed by atoms with E-state index in [1.807, 2.05) is 12.1 Å². The van der Waals surface area contributed by atoms with Gasteiger partial charge < -0.3 is 11.1 Å². The molecule has 0 aromatic heterocycles. The van der Waals surface area contributed by atoms with Gasteiger partial charge in [-0.1, -0.05) is 0 Å². The van der Waals surface area contributed by atoms with Gasteiger partial charge >= 0.3 is 0 Å². The van der Waals surface area contributed by atoms with Gasteiger partial charge in [-0.15, -0.1) is 0 Å². The van der Waals surface area contributed by atoms with Gasteiger partial charge in [-0.2, -0.15) is 0 Å². The van der Waals surface area contributed by atoms with Crippen LogP contribution < -0.4 is 11.1 Å². The number of anilines is 2. The third kappa shape index (κ3) is 2.56. The van der Waals surface area contributed by atoms with E-state index in [-0.39, 0.29) is 5.54 Å². The average molecular weight is 316 g/mol. The van der Waals surface area contributed by atoms with E-state index in [0.717, 1.165) is 11.6 Å². The minimum atomic E-state index is 0.204. The predicted octanol–water partition coefficient (Wildman–Crippen LogP) is 3.47. The summed E-state index contributed by atoms with van der Waals surface area (Å²) in [6, 6.07) is 6.03. The molecule has 1 aliphatic carbocycles. The van der Waals surface area contributed by atoms with Gasteiger partial charge in [0.15, 0.2) is 0 Å². The second-order valence-corrected chi connectivity index (χ2v) is 6.02. The number of halogens is 1. The Balaban J connectivity index is 2.16. The monoisotopic (exact) mass is 316 g/mol. The molecule has 15 heavy (non-hydrogen) atoms. The van der Waals surface area contributed by atoms with Crippen molar-refractivity contribution in [3.05, 3.63) is 21.8 Å². The second kappa shape index (κ2) is 3.85. The average Bonchev–Trinajstić information content (AvgIpc) is 2.92. The van der Waals surface area contributed by atoms with E-state index in [1.54, 1.807) is 0 Å². The third-order valence-corrected chi connectivity index (χ3v) is 3.94. The molecule has 1 saturated carbocycles. The highest BCUT2D eigenvalue weighted by atomic mass is 127. The fourth-order valence-corrected chi connectivity index (χ4v) is 2.56. The van der Waals surface area contributed by atoms with Crippen molar-refractivity contribution in [2.75, 3.05) is 11.1 Å². The molecule has 1 aromatic rings. The zero-order valence-electron chi connectivity index (χ0n) is 9.18. The summed E-state index contributed by atoms with van der Waals surface area (Å²) in [4.78, 5) is 0. The van der Waals surface area contributed by atoms with Crippen molar-refractivity contribution < 1.29 is 0 Å². The van der Waals surface area contributed by atoms with Crippen molar-refractivity contribution in [2.45, 2.75) is 32.2 Å². The molecule has 1 aliphatic rings. The molecule has 2 nitrogen and oxygen atoms in total. The number of nitrogen functional groups attached to an aromatic ring is 1. The Kier molecular flexibility index (Phi) is 2.83. The molecule has 0 heterocycles. The summed E-state index contributed by atoms with van der Waals surface area (Å²) in [6.07, 6.45) is 2.71. The van der Waals surface area contributed by atoms with Crippen molar-refractivity contribution in [1.82, 2.24) is 0 Å². The number of hydrogen-bond acceptors (Lipinski definition) is 2. The lowest BCUT2D eigenvalue weighted by Gasteiger charge is -2.28. The SMILES string of the molecule is CC(C)(Nc1ccc(N)cc1I)C1CC1. The molecule has 3 N–H and O–H groups in total. The molecule has 3 heteroatoms. The summed E-state index contributed by atoms with van der Waals surface area (Å²) in [5.74, 6) is 0.825. The molecule has 2 rings (SSSR count). The quantitative estimate of drug-likeness (QED) is 0.662. The van der Waals surface area contributed by atoms with Crippen LogP contribution in [0.15, 0.2) is 18.2 Å². The number of nitrogens with one attached hydrogen (secondary N) is 1. The molecular formula is C12H17IN2. The highest BCUT2D eigenvalue weighted by Gasteiger charge is 2.37. The van der Waals surface area contributed by atoms with E-state index < -0.39 is 0 Å². The molecule has 82 valence electrons. The summed E-state index contributed by atoms with van der Waals surface area (Å²) in [5, 5.41) is 3.61. The van der Waals surface area contributed by atoms with Gasteiger partial charge in [0, 0.05) is 20.5 Å². The molecule has 0 unspecified atom stereocenters. The third-order valence-electron chi connectivity index (χ3n) is 3.05. The Morgan fingerprint density at radius 1 is 1.40 bits per heavy atom. The minimum absolute atomic E-state index is 0.204. The van der Waals surface area contributed by atoms with Gasteiger partial charge in [0.05, 0.1) is 0 Å². The molecule has 1 fully saturated rings. The molecule has 0 radical (unpaired) electrons. The van der Waals surface area contributed by atoms with E-state index in [4.69, 9.17) is 5.73 Å². The van der Waals surface area contributed by atoms with Crippen LogP contribution in [0.5, 0.6) is 0 Å². The fraction of sp³-hybridized carbons (Fsp3) is 0.500. The maximum atomic E-state index is 5.73. The largest absolute Gasteiger partial charge is 0.399 e. The Labute approximate surface area is 105 Å². The maximum absolute atomic E-state index is 5.73. The normalized spacial score (nSPS) is 16.5. The molecule has 0 atom stereocenters. The Bertz CT molecular complexity index is 370. The second-order valence-electron chi connectivity index (χ2n) is 4.86. The Morgan fingerprint density at radius 2 is 2.07 bits per heavy atom. The van der Waals surface area contributed by atoms with Gasteiger partial charge in [0.25, 0.3) is 0 Å². The smallest absolute Gasteiger partial charge is 0.0481 e. The van der Waals surface area contributed by atoms with Crippen molar-refractivity contribution >= 4 is 34.0 Å². The maximum Gasteiger partial charge on any atom is 0.0481 e. The number of hydrogen-bond donors (Lipinski definition) is 2. The summed E-state index contributed by atoms with van der Waals surface area (Å²) in [7, 11) is 0. The van der Waals surface area contributed by atoms with E-state index in [0.29, 0.717) is 0 Å². The van der Waals surface area contributed by atoms with E-state index in [2.05, 4.69) is 47.8 Å². The lowest BCUT2D eigenvalue weighted by atomic mass is 9.98. The Morgan fingerprint density at radius 3 is 2.60 bits per heavy atom. The fourth-order valence-electron chi connectivity index (χ4n) is 1.89. The van der Waals surface area contributed by atoms with Crippen LogP contribution in [0.4, 0.5) is 11.4 Å². The first-order valence-corrected chi connectivity index (χ1v) is 6.40. The van der Waals surface area contributed by atoms with Crippen molar-refractivity contribution in [2.24, 2.45) is 5.92 Å². The first-order valence-electron chi connectivity index (χ1n) is 5.32. The first-order chi connectivity index (χ1) is 6.99. The molecule has 0 saturated heterocycles. The molecule has 0 aliphatic heterocycles. The highest BCUT2D eigenvalue weighted by Crippen LogP contribution is 2.41. The number of benzene rings is 1. The summed E-state index contributed by atoms with van der Waals surface area (Å²) >= 11 is 2.33. The lowest BCUT2D eigenvalue weighted by Crippen LogP contribution is -2.33. The van der Waals surface area contributed by atoms with Crippen LogP contribution in [0.25, 0.3) is 0 Å². The lowest BCUT2D eigenvalue weighted by molar-refractivity contribution is 0.494. The van der Waals surface area contributed by atoms with Crippen LogP contribution in [0, 0.1) is 9.49 Å². The highest BCUT2D eigenvalue weighted by molar-refractivity contribution is 14.1. The van der Waals surface area contributed by atoms with Crippen LogP contribution in [0.1, 0.15) is 26.7 Å². The number of rotatable bonds is 3. The van der Waals surface area contributed by atoms with Gasteiger partial charge in [-0.05, 0) is 73.4 Å². The first kappa shape index (κ1) is 11.0. The Hall–Kier alpha value is -0.450. The summed E-state index contributed by atoms with van der Waals surface area (Å²) < 4.78 is 1.20. The van der Waals surface area contributed by atoms with Crippen LogP contribution in [0.3, 0.4) is 0 Å². The molecular weight excluding hydrogens is 299 g/mol. The van der Waals surface area contributed by atoms with Gasteiger partial charge in [0.1, 0.15) is 0 Å². The van der Waals surface area contributed by atoms with Crippen LogP contribution in [-0.4, -0.2) is 5.54 Å². The van der Waals surface area contributed by atoms with Crippen LogP contribution in [0.2, 0.25) is 0 Å². The van der Waals surface area contributed by atoms with Crippen molar-refractivity contribution in [3.8, 4) is 0 Å². The van der Waals surface area contributed by atoms with Crippen LogP contribution >= 0.6 is 22.6 Å². The van der Waals surface area contributed by atoms with Gasteiger partial charge in [0.2, 0.25) is 0 Å². The van der Waals surface area contributed by atoms with Crippen LogP contribution in [-0.2, 0) is 0 Å². The van der Waals surface area contributed by atoms with Gasteiger partial charge in [-0.25, -0.2) is 0 Å². The predicted molar refractivity (Wildman–Crippen MR) is 74.0 cm³/mol. The topological polar surface area (TPSA) is 38.0 Å². The molecule has 1 aromatic carbocycles. The van der Waals surface area contributed by atoms with Gasteiger partial charge in [-0.3, -0.25) is 0 Å². The summed E-state index contributed by atoms with van der Waals surface area (Å²) in [5.41, 5.74) is 7.96. The van der Waals surface area contributed by atoms with E-state index in [1.165, 1.54) is 22.1 Å². The van der Waals surface area contributed by atoms with Crippen molar-refractivity contribution in [1.29, 1.82) is 0 Å². The summed E-state index contributed by atoms with van der Waals surface area (Å²) in [6.45, 7) is 4.55.